The predicted octanol–water partition coefficient (Wildman–Crippen LogP) is 17.5. The molecule has 0 saturated heterocycles. The van der Waals surface area contributed by atoms with Gasteiger partial charge in [0.05, 0.1) is 0 Å². The lowest BCUT2D eigenvalue weighted by Crippen LogP contribution is -2.30. The first kappa shape index (κ1) is 61.1. The van der Waals surface area contributed by atoms with E-state index in [1.165, 1.54) is 51.4 Å². The average molecular weight is 901 g/mol. The number of hydrogen-bond acceptors (Lipinski definition) is 6. The first-order chi connectivity index (χ1) is 32.0. The summed E-state index contributed by atoms with van der Waals surface area (Å²) in [4.78, 5) is 37.6. The van der Waals surface area contributed by atoms with Crippen LogP contribution in [0.2, 0.25) is 0 Å². The number of unbranched alkanes of at least 4 members (excludes halogenated alkanes) is 17. The Bertz CT molecular complexity index is 1360. The van der Waals surface area contributed by atoms with Crippen LogP contribution < -0.4 is 0 Å². The molecule has 0 spiro atoms. The minimum absolute atomic E-state index is 0.0974. The van der Waals surface area contributed by atoms with E-state index < -0.39 is 6.10 Å². The van der Waals surface area contributed by atoms with Crippen LogP contribution in [-0.4, -0.2) is 37.2 Å². The van der Waals surface area contributed by atoms with Gasteiger partial charge < -0.3 is 14.2 Å². The Morgan fingerprint density at radius 3 is 0.985 bits per heavy atom. The van der Waals surface area contributed by atoms with Gasteiger partial charge in [0.2, 0.25) is 0 Å². The molecule has 6 nitrogen and oxygen atoms in total. The molecule has 0 aromatic heterocycles. The molecule has 1 atom stereocenters. The van der Waals surface area contributed by atoms with Crippen LogP contribution in [-0.2, 0) is 28.6 Å². The van der Waals surface area contributed by atoms with Gasteiger partial charge in [0.15, 0.2) is 6.10 Å². The Morgan fingerprint density at radius 1 is 0.323 bits per heavy atom. The zero-order chi connectivity index (χ0) is 47.2. The molecule has 368 valence electrons. The largest absolute Gasteiger partial charge is 0.462 e. The van der Waals surface area contributed by atoms with E-state index in [4.69, 9.17) is 14.2 Å². The molecule has 0 aliphatic heterocycles. The molecule has 0 aromatic carbocycles. The number of carbonyl (C=O) groups is 3. The van der Waals surface area contributed by atoms with E-state index in [9.17, 15) is 14.4 Å². The third kappa shape index (κ3) is 50.9. The highest BCUT2D eigenvalue weighted by molar-refractivity contribution is 5.71. The van der Waals surface area contributed by atoms with Gasteiger partial charge in [-0.2, -0.15) is 0 Å². The van der Waals surface area contributed by atoms with Gasteiger partial charge in [0.25, 0.3) is 0 Å². The number of ether oxygens (including phenoxy) is 3. The number of hydrogen-bond donors (Lipinski definition) is 0. The SMILES string of the molecule is CC/C=C\C/C=C\C/C=C\C/C=C\C/C=C\C/C=C\C/C=C\C/C=C\CCCCC(=O)OCC(COC(=O)CCCCCCC)OC(=O)CCCCCCC/C=C\CCCCCCCC. The second kappa shape index (κ2) is 52.7. The lowest BCUT2D eigenvalue weighted by Gasteiger charge is -2.18. The second-order valence-corrected chi connectivity index (χ2v) is 17.1. The van der Waals surface area contributed by atoms with E-state index >= 15 is 0 Å². The second-order valence-electron chi connectivity index (χ2n) is 17.1. The van der Waals surface area contributed by atoms with Crippen molar-refractivity contribution in [2.75, 3.05) is 13.2 Å². The molecule has 0 aliphatic rings. The molecule has 0 aromatic rings. The Morgan fingerprint density at radius 2 is 0.600 bits per heavy atom. The average Bonchev–Trinajstić information content (AvgIpc) is 3.30. The zero-order valence-corrected chi connectivity index (χ0v) is 42.0. The number of carbonyl (C=O) groups excluding carboxylic acids is 3. The summed E-state index contributed by atoms with van der Waals surface area (Å²) < 4.78 is 16.6. The molecule has 0 saturated carbocycles. The minimum atomic E-state index is -0.797. The van der Waals surface area contributed by atoms with Crippen LogP contribution in [0.4, 0.5) is 0 Å². The van der Waals surface area contributed by atoms with Crippen LogP contribution in [0.1, 0.15) is 226 Å². The molecule has 0 fully saturated rings. The van der Waals surface area contributed by atoms with Crippen molar-refractivity contribution < 1.29 is 28.6 Å². The minimum Gasteiger partial charge on any atom is -0.462 e. The summed E-state index contributed by atoms with van der Waals surface area (Å²) in [7, 11) is 0. The van der Waals surface area contributed by atoms with E-state index in [1.54, 1.807) is 0 Å². The molecular formula is C59H96O6. The van der Waals surface area contributed by atoms with Crippen LogP contribution in [0, 0.1) is 0 Å². The van der Waals surface area contributed by atoms with Crippen molar-refractivity contribution in [3.63, 3.8) is 0 Å². The van der Waals surface area contributed by atoms with Crippen LogP contribution in [0.25, 0.3) is 0 Å². The molecule has 65 heavy (non-hydrogen) atoms. The zero-order valence-electron chi connectivity index (χ0n) is 42.0. The summed E-state index contributed by atoms with van der Waals surface area (Å²) in [6.07, 6.45) is 71.2. The molecule has 0 amide bonds. The molecule has 1 unspecified atom stereocenters. The maximum atomic E-state index is 12.7. The van der Waals surface area contributed by atoms with E-state index in [2.05, 4.69) is 130 Å². The maximum absolute atomic E-state index is 12.7. The molecule has 0 heterocycles. The molecule has 0 N–H and O–H groups in total. The van der Waals surface area contributed by atoms with E-state index in [0.29, 0.717) is 25.7 Å². The summed E-state index contributed by atoms with van der Waals surface area (Å²) in [5.41, 5.74) is 0. The fourth-order valence-electron chi connectivity index (χ4n) is 6.80. The summed E-state index contributed by atoms with van der Waals surface area (Å²) in [5.74, 6) is -0.971. The van der Waals surface area contributed by atoms with Crippen molar-refractivity contribution in [2.45, 2.75) is 232 Å². The molecule has 0 radical (unpaired) electrons. The number of esters is 3. The van der Waals surface area contributed by atoms with Crippen molar-refractivity contribution >= 4 is 17.9 Å². The van der Waals surface area contributed by atoms with E-state index in [0.717, 1.165) is 128 Å². The summed E-state index contributed by atoms with van der Waals surface area (Å²) in [5, 5.41) is 0. The van der Waals surface area contributed by atoms with Gasteiger partial charge in [-0.25, -0.2) is 0 Å². The molecule has 0 rings (SSSR count). The highest BCUT2D eigenvalue weighted by atomic mass is 16.6. The van der Waals surface area contributed by atoms with Gasteiger partial charge in [-0.15, -0.1) is 0 Å². The van der Waals surface area contributed by atoms with Crippen LogP contribution in [0.5, 0.6) is 0 Å². The molecular weight excluding hydrogens is 805 g/mol. The number of allylic oxidation sites excluding steroid dienone is 18. The Hall–Kier alpha value is -3.93. The third-order valence-electron chi connectivity index (χ3n) is 10.8. The van der Waals surface area contributed by atoms with Crippen molar-refractivity contribution in [1.29, 1.82) is 0 Å². The van der Waals surface area contributed by atoms with Crippen molar-refractivity contribution in [3.05, 3.63) is 109 Å². The van der Waals surface area contributed by atoms with Gasteiger partial charge in [0.1, 0.15) is 13.2 Å². The van der Waals surface area contributed by atoms with Gasteiger partial charge in [-0.3, -0.25) is 14.4 Å². The lowest BCUT2D eigenvalue weighted by molar-refractivity contribution is -0.167. The fourth-order valence-corrected chi connectivity index (χ4v) is 6.80. The Labute approximate surface area is 400 Å². The summed E-state index contributed by atoms with van der Waals surface area (Å²) in [6.45, 7) is 6.37. The highest BCUT2D eigenvalue weighted by Crippen LogP contribution is 2.13. The Balaban J connectivity index is 4.25. The van der Waals surface area contributed by atoms with Crippen LogP contribution >= 0.6 is 0 Å². The monoisotopic (exact) mass is 901 g/mol. The fraction of sp³-hybridized carbons (Fsp3) is 0.644. The molecule has 0 aliphatic carbocycles. The standard InChI is InChI=1S/C59H96O6/c1-4-7-10-13-15-17-19-21-23-24-25-26-27-28-29-30-31-32-33-34-36-37-39-41-43-46-49-52-58(61)64-55-56(54-63-57(60)51-48-45-12-9-6-3)65-59(62)53-50-47-44-42-40-38-35-22-20-18-16-14-11-8-5-2/h7,10,15,17,21-23,25-26,28-29,31-32,34-36,39,41,56H,4-6,8-9,11-14,16,18-20,24,27,30,33,37-38,40,42-55H2,1-3H3/b10-7-,17-15-,23-21-,26-25-,29-28-,32-31-,35-22-,36-34-,41-39-. The van der Waals surface area contributed by atoms with Crippen LogP contribution in [0.15, 0.2) is 109 Å². The first-order valence-electron chi connectivity index (χ1n) is 26.4. The smallest absolute Gasteiger partial charge is 0.306 e. The lowest BCUT2D eigenvalue weighted by atomic mass is 10.1. The molecule has 0 bridgehead atoms. The van der Waals surface area contributed by atoms with Gasteiger partial charge in [0, 0.05) is 19.3 Å². The predicted molar refractivity (Wildman–Crippen MR) is 279 cm³/mol. The normalized spacial score (nSPS) is 13.0. The Kier molecular flexibility index (Phi) is 49.5. The topological polar surface area (TPSA) is 78.9 Å². The van der Waals surface area contributed by atoms with E-state index in [1.807, 2.05) is 0 Å². The quantitative estimate of drug-likeness (QED) is 0.0262. The first-order valence-corrected chi connectivity index (χ1v) is 26.4. The van der Waals surface area contributed by atoms with Gasteiger partial charge in [-0.05, 0) is 109 Å². The van der Waals surface area contributed by atoms with E-state index in [-0.39, 0.29) is 31.1 Å². The maximum Gasteiger partial charge on any atom is 0.306 e. The van der Waals surface area contributed by atoms with Gasteiger partial charge in [-0.1, -0.05) is 207 Å². The summed E-state index contributed by atoms with van der Waals surface area (Å²) >= 11 is 0. The molecule has 6 heteroatoms. The van der Waals surface area contributed by atoms with Crippen molar-refractivity contribution in [3.8, 4) is 0 Å². The van der Waals surface area contributed by atoms with Crippen LogP contribution in [0.3, 0.4) is 0 Å². The van der Waals surface area contributed by atoms with Crippen molar-refractivity contribution in [1.82, 2.24) is 0 Å². The number of rotatable bonds is 46. The highest BCUT2D eigenvalue weighted by Gasteiger charge is 2.19. The third-order valence-corrected chi connectivity index (χ3v) is 10.8. The summed E-state index contributed by atoms with van der Waals surface area (Å²) in [6, 6.07) is 0. The van der Waals surface area contributed by atoms with Gasteiger partial charge >= 0.3 is 17.9 Å². The van der Waals surface area contributed by atoms with Crippen molar-refractivity contribution in [2.24, 2.45) is 0 Å².